The largest absolute Gasteiger partial charge is 0.333 e. The highest BCUT2D eigenvalue weighted by molar-refractivity contribution is 7.84. The highest BCUT2D eigenvalue weighted by atomic mass is 32.2. The van der Waals surface area contributed by atoms with Crippen LogP contribution in [0.1, 0.15) is 15.6 Å². The topological polar surface area (TPSA) is 71.1 Å². The van der Waals surface area contributed by atoms with Crippen LogP contribution in [0.2, 0.25) is 0 Å². The van der Waals surface area contributed by atoms with Gasteiger partial charge in [-0.1, -0.05) is 6.07 Å². The van der Waals surface area contributed by atoms with E-state index in [0.29, 0.717) is 17.1 Å². The second kappa shape index (κ2) is 6.82. The van der Waals surface area contributed by atoms with Crippen LogP contribution in [0.15, 0.2) is 29.2 Å². The third-order valence-electron chi connectivity index (χ3n) is 2.83. The van der Waals surface area contributed by atoms with E-state index >= 15 is 0 Å². The summed E-state index contributed by atoms with van der Waals surface area (Å²) < 4.78 is 11.4. The molecule has 0 aliphatic rings. The summed E-state index contributed by atoms with van der Waals surface area (Å²) in [5, 5.41) is 6.52. The summed E-state index contributed by atoms with van der Waals surface area (Å²) in [6.45, 7) is 4.32. The molecular formula is C14H17N3O2S2. The maximum Gasteiger partial charge on any atom is 0.319 e. The van der Waals surface area contributed by atoms with Gasteiger partial charge in [0, 0.05) is 32.5 Å². The molecule has 2 rings (SSSR count). The molecule has 7 heteroatoms. The number of aryl methyl sites for hydroxylation is 2. The van der Waals surface area contributed by atoms with Crippen LogP contribution in [0.3, 0.4) is 0 Å². The predicted molar refractivity (Wildman–Crippen MR) is 86.2 cm³/mol. The van der Waals surface area contributed by atoms with E-state index in [0.717, 1.165) is 15.6 Å². The Labute approximate surface area is 130 Å². The zero-order chi connectivity index (χ0) is 15.4. The van der Waals surface area contributed by atoms with Gasteiger partial charge in [0.25, 0.3) is 0 Å². The van der Waals surface area contributed by atoms with Gasteiger partial charge in [-0.3, -0.25) is 4.21 Å². The van der Waals surface area contributed by atoms with Crippen molar-refractivity contribution in [2.75, 3.05) is 11.6 Å². The summed E-state index contributed by atoms with van der Waals surface area (Å²) in [6.07, 6.45) is 1.61. The summed E-state index contributed by atoms with van der Waals surface area (Å²) in [5.41, 5.74) is 1.57. The van der Waals surface area contributed by atoms with Crippen molar-refractivity contribution in [1.82, 2.24) is 10.3 Å². The van der Waals surface area contributed by atoms with Gasteiger partial charge in [-0.25, -0.2) is 9.78 Å². The lowest BCUT2D eigenvalue weighted by molar-refractivity contribution is 0.252. The van der Waals surface area contributed by atoms with Crippen LogP contribution in [-0.4, -0.2) is 21.5 Å². The highest BCUT2D eigenvalue weighted by Gasteiger charge is 2.07. The number of thiazole rings is 1. The van der Waals surface area contributed by atoms with Gasteiger partial charge in [0.05, 0.1) is 17.2 Å². The number of hydrogen-bond donors (Lipinski definition) is 2. The molecule has 5 nitrogen and oxygen atoms in total. The molecule has 0 unspecified atom stereocenters. The summed E-state index contributed by atoms with van der Waals surface area (Å²) in [5.74, 6) is 0. The van der Waals surface area contributed by atoms with Gasteiger partial charge in [-0.15, -0.1) is 11.3 Å². The Bertz CT molecular complexity index is 683. The zero-order valence-electron chi connectivity index (χ0n) is 12.1. The minimum atomic E-state index is -1.07. The van der Waals surface area contributed by atoms with Crippen molar-refractivity contribution in [3.8, 4) is 0 Å². The predicted octanol–water partition coefficient (Wildman–Crippen LogP) is 2.82. The average molecular weight is 323 g/mol. The van der Waals surface area contributed by atoms with E-state index in [1.807, 2.05) is 13.8 Å². The lowest BCUT2D eigenvalue weighted by atomic mass is 10.3. The van der Waals surface area contributed by atoms with Crippen molar-refractivity contribution in [2.24, 2.45) is 0 Å². The van der Waals surface area contributed by atoms with E-state index in [1.165, 1.54) is 0 Å². The molecule has 0 aliphatic carbocycles. The van der Waals surface area contributed by atoms with Crippen molar-refractivity contribution in [1.29, 1.82) is 0 Å². The first-order chi connectivity index (χ1) is 9.95. The fraction of sp³-hybridized carbons (Fsp3) is 0.286. The molecule has 21 heavy (non-hydrogen) atoms. The van der Waals surface area contributed by atoms with Gasteiger partial charge in [0.1, 0.15) is 0 Å². The quantitative estimate of drug-likeness (QED) is 0.909. The Morgan fingerprint density at radius 1 is 1.38 bits per heavy atom. The van der Waals surface area contributed by atoms with Crippen LogP contribution in [0.5, 0.6) is 0 Å². The number of urea groups is 1. The molecule has 1 heterocycles. The number of carbonyl (C=O) groups excluding carboxylic acids is 1. The number of rotatable bonds is 4. The second-order valence-electron chi connectivity index (χ2n) is 4.53. The first-order valence-corrected chi connectivity index (χ1v) is 8.74. The first kappa shape index (κ1) is 15.7. The Morgan fingerprint density at radius 2 is 2.14 bits per heavy atom. The molecule has 0 saturated heterocycles. The molecule has 2 amide bonds. The molecule has 0 spiro atoms. The minimum absolute atomic E-state index is 0.292. The van der Waals surface area contributed by atoms with Gasteiger partial charge in [0.2, 0.25) is 0 Å². The first-order valence-electron chi connectivity index (χ1n) is 6.37. The number of amides is 2. The van der Waals surface area contributed by atoms with E-state index in [-0.39, 0.29) is 6.03 Å². The van der Waals surface area contributed by atoms with E-state index in [1.54, 1.807) is 41.9 Å². The summed E-state index contributed by atoms with van der Waals surface area (Å²) in [6, 6.07) is 6.71. The van der Waals surface area contributed by atoms with E-state index < -0.39 is 10.8 Å². The Balaban J connectivity index is 1.94. The maximum absolute atomic E-state index is 11.9. The van der Waals surface area contributed by atoms with Gasteiger partial charge in [-0.05, 0) is 32.0 Å². The molecule has 1 atom stereocenters. The van der Waals surface area contributed by atoms with Crippen molar-refractivity contribution in [2.45, 2.75) is 25.3 Å². The fourth-order valence-electron chi connectivity index (χ4n) is 1.83. The normalized spacial score (nSPS) is 12.0. The van der Waals surface area contributed by atoms with Gasteiger partial charge in [0.15, 0.2) is 0 Å². The van der Waals surface area contributed by atoms with Crippen LogP contribution in [-0.2, 0) is 17.3 Å². The highest BCUT2D eigenvalue weighted by Crippen LogP contribution is 2.17. The number of nitrogens with one attached hydrogen (secondary N) is 2. The fourth-order valence-corrected chi connectivity index (χ4v) is 3.27. The molecule has 2 aromatic rings. The molecule has 112 valence electrons. The van der Waals surface area contributed by atoms with Crippen LogP contribution < -0.4 is 10.6 Å². The number of benzene rings is 1. The van der Waals surface area contributed by atoms with E-state index in [2.05, 4.69) is 15.6 Å². The lowest BCUT2D eigenvalue weighted by Crippen LogP contribution is -2.28. The summed E-state index contributed by atoms with van der Waals surface area (Å²) in [4.78, 5) is 17.9. The van der Waals surface area contributed by atoms with E-state index in [4.69, 9.17) is 0 Å². The smallest absolute Gasteiger partial charge is 0.319 e. The monoisotopic (exact) mass is 323 g/mol. The standard InChI is InChI=1S/C14H17N3O2S2/c1-9-13(20-10(2)16-9)8-15-14(18)17-11-5-4-6-12(7-11)21(3)19/h4-7H,8H2,1-3H3,(H2,15,17,18)/t21-/m0/s1. The van der Waals surface area contributed by atoms with Crippen molar-refractivity contribution >= 4 is 33.9 Å². The molecule has 0 bridgehead atoms. The van der Waals surface area contributed by atoms with Gasteiger partial charge >= 0.3 is 6.03 Å². The Hall–Kier alpha value is -1.73. The molecule has 1 aromatic carbocycles. The number of nitrogens with zero attached hydrogens (tertiary/aromatic N) is 1. The SMILES string of the molecule is Cc1nc(C)c(CNC(=O)Nc2cccc([S@](C)=O)c2)s1. The Kier molecular flexibility index (Phi) is 5.08. The molecule has 0 aliphatic heterocycles. The molecule has 0 radical (unpaired) electrons. The van der Waals surface area contributed by atoms with Crippen molar-refractivity contribution < 1.29 is 9.00 Å². The van der Waals surface area contributed by atoms with Crippen LogP contribution in [0.25, 0.3) is 0 Å². The molecular weight excluding hydrogens is 306 g/mol. The maximum atomic E-state index is 11.9. The van der Waals surface area contributed by atoms with Gasteiger partial charge < -0.3 is 10.6 Å². The summed E-state index contributed by atoms with van der Waals surface area (Å²) in [7, 11) is -1.07. The zero-order valence-corrected chi connectivity index (χ0v) is 13.7. The summed E-state index contributed by atoms with van der Waals surface area (Å²) >= 11 is 1.58. The number of hydrogen-bond acceptors (Lipinski definition) is 4. The molecule has 1 aromatic heterocycles. The van der Waals surface area contributed by atoms with Gasteiger partial charge in [-0.2, -0.15) is 0 Å². The number of anilines is 1. The van der Waals surface area contributed by atoms with Crippen molar-refractivity contribution in [3.05, 3.63) is 39.8 Å². The average Bonchev–Trinajstić information content (AvgIpc) is 2.75. The number of aromatic nitrogens is 1. The second-order valence-corrected chi connectivity index (χ2v) is 7.20. The molecule has 0 fully saturated rings. The molecule has 0 saturated carbocycles. The van der Waals surface area contributed by atoms with E-state index in [9.17, 15) is 9.00 Å². The van der Waals surface area contributed by atoms with Crippen LogP contribution in [0.4, 0.5) is 10.5 Å². The van der Waals surface area contributed by atoms with Crippen LogP contribution >= 0.6 is 11.3 Å². The van der Waals surface area contributed by atoms with Crippen LogP contribution in [0, 0.1) is 13.8 Å². The third-order valence-corrected chi connectivity index (χ3v) is 4.82. The Morgan fingerprint density at radius 3 is 2.76 bits per heavy atom. The number of carbonyl (C=O) groups is 1. The lowest BCUT2D eigenvalue weighted by Gasteiger charge is -2.08. The van der Waals surface area contributed by atoms with Crippen molar-refractivity contribution in [3.63, 3.8) is 0 Å². The third kappa shape index (κ3) is 4.37. The molecule has 2 N–H and O–H groups in total. The minimum Gasteiger partial charge on any atom is -0.333 e.